The lowest BCUT2D eigenvalue weighted by atomic mass is 10.2. The number of para-hydroxylation sites is 1. The van der Waals surface area contributed by atoms with Crippen molar-refractivity contribution in [3.63, 3.8) is 0 Å². The van der Waals surface area contributed by atoms with E-state index in [1.54, 1.807) is 26.0 Å². The Morgan fingerprint density at radius 2 is 1.88 bits per heavy atom. The molecule has 0 saturated carbocycles. The molecule has 0 atom stereocenters. The lowest BCUT2D eigenvalue weighted by Gasteiger charge is -2.02. The molecule has 2 aromatic carbocycles. The molecule has 0 aromatic heterocycles. The smallest absolute Gasteiger partial charge is 0.296 e. The molecule has 0 saturated heterocycles. The summed E-state index contributed by atoms with van der Waals surface area (Å²) >= 11 is 0. The number of rotatable bonds is 6. The molecule has 2 rings (SSSR count). The molecule has 7 nitrogen and oxygen atoms in total. The van der Waals surface area contributed by atoms with E-state index in [9.17, 15) is 10.1 Å². The molecule has 7 heteroatoms. The second kappa shape index (κ2) is 10.8. The minimum Gasteiger partial charge on any atom is -0.397 e. The summed E-state index contributed by atoms with van der Waals surface area (Å²) in [4.78, 5) is 10.5. The van der Waals surface area contributed by atoms with Crippen LogP contribution in [0.15, 0.2) is 58.8 Å². The lowest BCUT2D eigenvalue weighted by Crippen LogP contribution is -2.03. The van der Waals surface area contributed by atoms with Gasteiger partial charge in [0.1, 0.15) is 0 Å². The van der Waals surface area contributed by atoms with Crippen molar-refractivity contribution < 1.29 is 10.0 Å². The van der Waals surface area contributed by atoms with Crippen molar-refractivity contribution >= 4 is 17.1 Å². The normalized spacial score (nSPS) is 10.1. The van der Waals surface area contributed by atoms with E-state index in [4.69, 9.17) is 5.11 Å². The zero-order valence-electron chi connectivity index (χ0n) is 13.8. The molecule has 2 aromatic rings. The Kier molecular flexibility index (Phi) is 8.70. The van der Waals surface area contributed by atoms with Gasteiger partial charge in [0.2, 0.25) is 0 Å². The van der Waals surface area contributed by atoms with Crippen molar-refractivity contribution in [2.24, 2.45) is 10.2 Å². The Labute approximate surface area is 141 Å². The van der Waals surface area contributed by atoms with Crippen molar-refractivity contribution in [2.75, 3.05) is 25.0 Å². The van der Waals surface area contributed by atoms with E-state index in [1.807, 2.05) is 30.3 Å². The van der Waals surface area contributed by atoms with E-state index in [0.717, 1.165) is 11.3 Å². The number of hydrogen-bond donors (Lipinski definition) is 2. The van der Waals surface area contributed by atoms with Crippen LogP contribution in [-0.2, 0) is 0 Å². The molecule has 0 aliphatic heterocycles. The quantitative estimate of drug-likeness (QED) is 0.360. The number of anilines is 1. The van der Waals surface area contributed by atoms with Crippen LogP contribution in [0.4, 0.5) is 17.1 Å². The summed E-state index contributed by atoms with van der Waals surface area (Å²) in [6, 6.07) is 14.6. The summed E-state index contributed by atoms with van der Waals surface area (Å²) in [6.07, 6.45) is 0. The molecule has 0 bridgehead atoms. The van der Waals surface area contributed by atoms with Crippen LogP contribution in [-0.4, -0.2) is 29.7 Å². The molecule has 0 heterocycles. The van der Waals surface area contributed by atoms with Gasteiger partial charge in [0.25, 0.3) is 5.69 Å². The molecule has 24 heavy (non-hydrogen) atoms. The molecule has 0 aliphatic rings. The molecule has 0 spiro atoms. The highest BCUT2D eigenvalue weighted by Gasteiger charge is 2.12. The molecule has 0 unspecified atom stereocenters. The van der Waals surface area contributed by atoms with E-state index in [1.165, 1.54) is 6.07 Å². The summed E-state index contributed by atoms with van der Waals surface area (Å²) in [5.41, 5.74) is 2.10. The van der Waals surface area contributed by atoms with Crippen LogP contribution in [0, 0.1) is 17.0 Å². The zero-order chi connectivity index (χ0) is 17.8. The zero-order valence-corrected chi connectivity index (χ0v) is 13.8. The Morgan fingerprint density at radius 3 is 2.50 bits per heavy atom. The Hall–Kier alpha value is -2.80. The van der Waals surface area contributed by atoms with Crippen LogP contribution in [0.5, 0.6) is 0 Å². The fourth-order valence-electron chi connectivity index (χ4n) is 1.80. The Morgan fingerprint density at radius 1 is 1.21 bits per heavy atom. The second-order valence-corrected chi connectivity index (χ2v) is 4.82. The van der Waals surface area contributed by atoms with Gasteiger partial charge in [-0.1, -0.05) is 24.3 Å². The summed E-state index contributed by atoms with van der Waals surface area (Å²) in [6.45, 7) is 4.80. The predicted octanol–water partition coefficient (Wildman–Crippen LogP) is 4.10. The third-order valence-electron chi connectivity index (χ3n) is 2.82. The van der Waals surface area contributed by atoms with Gasteiger partial charge in [-0.25, -0.2) is 0 Å². The number of aryl methyl sites for hydroxylation is 1. The molecule has 0 amide bonds. The fraction of sp³-hybridized carbons (Fsp3) is 0.294. The highest BCUT2D eigenvalue weighted by atomic mass is 16.6. The van der Waals surface area contributed by atoms with Crippen LogP contribution in [0.1, 0.15) is 12.5 Å². The molecule has 2 N–H and O–H groups in total. The summed E-state index contributed by atoms with van der Waals surface area (Å²) in [7, 11) is 0. The van der Waals surface area contributed by atoms with Crippen molar-refractivity contribution in [1.82, 2.24) is 0 Å². The first-order valence-electron chi connectivity index (χ1n) is 7.60. The van der Waals surface area contributed by atoms with Crippen molar-refractivity contribution in [3.05, 3.63) is 64.2 Å². The van der Waals surface area contributed by atoms with Crippen molar-refractivity contribution in [2.45, 2.75) is 13.8 Å². The first-order chi connectivity index (χ1) is 11.6. The predicted molar refractivity (Wildman–Crippen MR) is 94.9 cm³/mol. The number of nitrogens with zero attached hydrogens (tertiary/aromatic N) is 3. The van der Waals surface area contributed by atoms with Crippen molar-refractivity contribution in [1.29, 1.82) is 0 Å². The average molecular weight is 330 g/mol. The van der Waals surface area contributed by atoms with Gasteiger partial charge in [0, 0.05) is 24.9 Å². The molecular weight excluding hydrogens is 308 g/mol. The molecular formula is C17H22N4O3. The first-order valence-corrected chi connectivity index (χ1v) is 7.60. The number of aliphatic hydroxyl groups is 1. The maximum atomic E-state index is 10.9. The standard InChI is InChI=1S/C15H16N4O2.C2H6O/c1-12-7-8-14(15(11-12)19(20)21)18-17-10-9-16-13-5-3-2-4-6-13;1-2-3/h2-8,11,16H,9-10H2,1H3;3H,2H2,1H3. The molecule has 0 radical (unpaired) electrons. The third kappa shape index (κ3) is 6.97. The van der Waals surface area contributed by atoms with Gasteiger partial charge in [-0.15, -0.1) is 5.11 Å². The second-order valence-electron chi connectivity index (χ2n) is 4.82. The van der Waals surface area contributed by atoms with Gasteiger partial charge in [-0.2, -0.15) is 5.11 Å². The Balaban J connectivity index is 0.000000891. The summed E-state index contributed by atoms with van der Waals surface area (Å²) in [5, 5.41) is 29.6. The van der Waals surface area contributed by atoms with Gasteiger partial charge < -0.3 is 10.4 Å². The summed E-state index contributed by atoms with van der Waals surface area (Å²) < 4.78 is 0. The average Bonchev–Trinajstić information content (AvgIpc) is 2.57. The van der Waals surface area contributed by atoms with Gasteiger partial charge in [0.15, 0.2) is 5.69 Å². The monoisotopic (exact) mass is 330 g/mol. The van der Waals surface area contributed by atoms with Gasteiger partial charge in [-0.05, 0) is 37.6 Å². The highest BCUT2D eigenvalue weighted by molar-refractivity contribution is 5.57. The lowest BCUT2D eigenvalue weighted by molar-refractivity contribution is -0.384. The number of benzene rings is 2. The van der Waals surface area contributed by atoms with Gasteiger partial charge in [-0.3, -0.25) is 10.1 Å². The number of aliphatic hydroxyl groups excluding tert-OH is 1. The maximum absolute atomic E-state index is 10.9. The third-order valence-corrected chi connectivity index (χ3v) is 2.82. The first kappa shape index (κ1) is 19.2. The number of azo groups is 1. The van der Waals surface area contributed by atoms with Crippen LogP contribution >= 0.6 is 0 Å². The maximum Gasteiger partial charge on any atom is 0.296 e. The van der Waals surface area contributed by atoms with Crippen molar-refractivity contribution in [3.8, 4) is 0 Å². The van der Waals surface area contributed by atoms with E-state index in [2.05, 4.69) is 15.5 Å². The largest absolute Gasteiger partial charge is 0.397 e. The number of hydrogen-bond acceptors (Lipinski definition) is 6. The minimum absolute atomic E-state index is 0.0187. The molecule has 0 fully saturated rings. The minimum atomic E-state index is -0.441. The number of nitro benzene ring substituents is 1. The van der Waals surface area contributed by atoms with Crippen LogP contribution < -0.4 is 5.32 Å². The van der Waals surface area contributed by atoms with E-state index >= 15 is 0 Å². The van der Waals surface area contributed by atoms with E-state index < -0.39 is 4.92 Å². The van der Waals surface area contributed by atoms with E-state index in [-0.39, 0.29) is 18.0 Å². The molecule has 128 valence electrons. The fourth-order valence-corrected chi connectivity index (χ4v) is 1.80. The highest BCUT2D eigenvalue weighted by Crippen LogP contribution is 2.28. The number of nitro groups is 1. The van der Waals surface area contributed by atoms with Gasteiger partial charge >= 0.3 is 0 Å². The van der Waals surface area contributed by atoms with Crippen LogP contribution in [0.3, 0.4) is 0 Å². The SMILES string of the molecule is CCO.Cc1ccc(N=NCCNc2ccccc2)c([N+](=O)[O-])c1. The molecule has 0 aliphatic carbocycles. The topological polar surface area (TPSA) is 100 Å². The van der Waals surface area contributed by atoms with Gasteiger partial charge in [0.05, 0.1) is 11.5 Å². The van der Waals surface area contributed by atoms with E-state index in [0.29, 0.717) is 13.1 Å². The van der Waals surface area contributed by atoms with Crippen LogP contribution in [0.25, 0.3) is 0 Å². The summed E-state index contributed by atoms with van der Waals surface area (Å²) in [5.74, 6) is 0. The number of nitrogens with one attached hydrogen (secondary N) is 1. The van der Waals surface area contributed by atoms with Crippen LogP contribution in [0.2, 0.25) is 0 Å². The Bertz CT molecular complexity index is 660.